The summed E-state index contributed by atoms with van der Waals surface area (Å²) in [5, 5.41) is 6.09. The molecule has 1 rings (SSSR count). The van der Waals surface area contributed by atoms with E-state index in [0.717, 1.165) is 12.0 Å². The summed E-state index contributed by atoms with van der Waals surface area (Å²) in [7, 11) is 0. The summed E-state index contributed by atoms with van der Waals surface area (Å²) in [6, 6.07) is 5.04. The van der Waals surface area contributed by atoms with Crippen LogP contribution < -0.4 is 10.6 Å². The number of ether oxygens (including phenoxy) is 1. The molecule has 1 aromatic carbocycles. The molecule has 0 bridgehead atoms. The highest BCUT2D eigenvalue weighted by Gasteiger charge is 2.16. The van der Waals surface area contributed by atoms with Crippen LogP contribution in [0.25, 0.3) is 0 Å². The highest BCUT2D eigenvalue weighted by molar-refractivity contribution is 9.10. The Morgan fingerprint density at radius 1 is 1.41 bits per heavy atom. The second-order valence-electron chi connectivity index (χ2n) is 6.12. The van der Waals surface area contributed by atoms with E-state index in [4.69, 9.17) is 4.74 Å². The summed E-state index contributed by atoms with van der Waals surface area (Å²) in [6.07, 6.45) is 0.440. The maximum Gasteiger partial charge on any atom is 0.407 e. The quantitative estimate of drug-likeness (QED) is 0.791. The third-order valence-corrected chi connectivity index (χ3v) is 3.57. The zero-order chi connectivity index (χ0) is 16.8. The maximum atomic E-state index is 13.2. The normalized spacial score (nSPS) is 12.8. The summed E-state index contributed by atoms with van der Waals surface area (Å²) in [5.74, 6) is -0.276. The van der Waals surface area contributed by atoms with Gasteiger partial charge < -0.3 is 15.4 Å². The highest BCUT2D eigenvalue weighted by atomic mass is 79.9. The number of halogens is 2. The molecule has 0 radical (unpaired) electrons. The van der Waals surface area contributed by atoms with E-state index in [9.17, 15) is 9.18 Å². The van der Waals surface area contributed by atoms with Gasteiger partial charge in [0.05, 0.1) is 4.47 Å². The summed E-state index contributed by atoms with van der Waals surface area (Å²) in [4.78, 5) is 11.6. The Morgan fingerprint density at radius 2 is 2.09 bits per heavy atom. The van der Waals surface area contributed by atoms with Crippen LogP contribution >= 0.6 is 15.9 Å². The molecule has 0 aliphatic rings. The van der Waals surface area contributed by atoms with Crippen molar-refractivity contribution in [2.45, 2.75) is 52.3 Å². The first kappa shape index (κ1) is 18.9. The zero-order valence-corrected chi connectivity index (χ0v) is 15.1. The van der Waals surface area contributed by atoms with E-state index in [-0.39, 0.29) is 11.9 Å². The monoisotopic (exact) mass is 374 g/mol. The number of amides is 1. The van der Waals surface area contributed by atoms with Crippen molar-refractivity contribution in [2.24, 2.45) is 0 Å². The molecule has 22 heavy (non-hydrogen) atoms. The van der Waals surface area contributed by atoms with E-state index >= 15 is 0 Å². The lowest BCUT2D eigenvalue weighted by Crippen LogP contribution is -2.42. The fourth-order valence-electron chi connectivity index (χ4n) is 1.79. The fraction of sp³-hybridized carbons (Fsp3) is 0.562. The first-order chi connectivity index (χ1) is 10.2. The van der Waals surface area contributed by atoms with Crippen LogP contribution in [0.1, 0.15) is 39.7 Å². The van der Waals surface area contributed by atoms with E-state index < -0.39 is 11.7 Å². The van der Waals surface area contributed by atoms with Gasteiger partial charge in [0, 0.05) is 19.1 Å². The number of carbonyl (C=O) groups excluding carboxylic acids is 1. The lowest BCUT2D eigenvalue weighted by molar-refractivity contribution is 0.0522. The number of alkyl carbamates (subject to hydrolysis) is 1. The number of rotatable bonds is 6. The van der Waals surface area contributed by atoms with E-state index in [2.05, 4.69) is 26.6 Å². The average Bonchev–Trinajstić information content (AvgIpc) is 2.41. The van der Waals surface area contributed by atoms with Gasteiger partial charge in [-0.15, -0.1) is 0 Å². The van der Waals surface area contributed by atoms with Crippen LogP contribution in [-0.2, 0) is 11.3 Å². The Morgan fingerprint density at radius 3 is 2.64 bits per heavy atom. The zero-order valence-electron chi connectivity index (χ0n) is 13.5. The molecule has 2 N–H and O–H groups in total. The summed E-state index contributed by atoms with van der Waals surface area (Å²) in [5.41, 5.74) is 0.476. The molecule has 4 nitrogen and oxygen atoms in total. The Balaban J connectivity index is 2.42. The molecule has 6 heteroatoms. The van der Waals surface area contributed by atoms with Crippen LogP contribution in [0.5, 0.6) is 0 Å². The molecule has 0 saturated carbocycles. The van der Waals surface area contributed by atoms with Crippen molar-refractivity contribution < 1.29 is 13.9 Å². The minimum Gasteiger partial charge on any atom is -0.444 e. The molecule has 1 atom stereocenters. The molecular formula is C16H24BrFN2O2. The second-order valence-corrected chi connectivity index (χ2v) is 6.97. The van der Waals surface area contributed by atoms with Crippen LogP contribution in [0.4, 0.5) is 9.18 Å². The largest absolute Gasteiger partial charge is 0.444 e. The number of carbonyl (C=O) groups is 1. The van der Waals surface area contributed by atoms with Gasteiger partial charge in [-0.05, 0) is 60.8 Å². The Kier molecular flexibility index (Phi) is 7.29. The molecule has 0 fully saturated rings. The summed E-state index contributed by atoms with van der Waals surface area (Å²) in [6.45, 7) is 8.60. The number of hydrogen-bond donors (Lipinski definition) is 2. The molecule has 1 aromatic rings. The highest BCUT2D eigenvalue weighted by Crippen LogP contribution is 2.16. The fourth-order valence-corrected chi connectivity index (χ4v) is 2.22. The third-order valence-electron chi connectivity index (χ3n) is 2.96. The van der Waals surface area contributed by atoms with Crippen LogP contribution in [0.2, 0.25) is 0 Å². The van der Waals surface area contributed by atoms with Crippen molar-refractivity contribution in [2.75, 3.05) is 6.54 Å². The van der Waals surface area contributed by atoms with Gasteiger partial charge in [0.1, 0.15) is 11.4 Å². The molecule has 0 spiro atoms. The predicted octanol–water partition coefficient (Wildman–Crippen LogP) is 3.98. The van der Waals surface area contributed by atoms with Crippen molar-refractivity contribution in [3.8, 4) is 0 Å². The summed E-state index contributed by atoms with van der Waals surface area (Å²) >= 11 is 3.17. The lowest BCUT2D eigenvalue weighted by atomic mass is 10.2. The predicted molar refractivity (Wildman–Crippen MR) is 89.3 cm³/mol. The molecule has 124 valence electrons. The molecule has 1 unspecified atom stereocenters. The smallest absolute Gasteiger partial charge is 0.407 e. The van der Waals surface area contributed by atoms with Crippen molar-refractivity contribution in [3.63, 3.8) is 0 Å². The van der Waals surface area contributed by atoms with E-state index in [0.29, 0.717) is 17.6 Å². The third kappa shape index (κ3) is 7.22. The minimum atomic E-state index is -0.500. The standard InChI is InChI=1S/C16H24BrFN2O2/c1-5-12(10-20-15(21)22-16(2,3)4)19-9-11-6-7-14(18)13(17)8-11/h6-8,12,19H,5,9-10H2,1-4H3,(H,20,21). The topological polar surface area (TPSA) is 50.4 Å². The van der Waals surface area contributed by atoms with Crippen molar-refractivity contribution in [1.29, 1.82) is 0 Å². The SMILES string of the molecule is CCC(CNC(=O)OC(C)(C)C)NCc1ccc(F)c(Br)c1. The Hall–Kier alpha value is -1.14. The first-order valence-electron chi connectivity index (χ1n) is 7.35. The van der Waals surface area contributed by atoms with Gasteiger partial charge >= 0.3 is 6.09 Å². The minimum absolute atomic E-state index is 0.122. The van der Waals surface area contributed by atoms with Gasteiger partial charge in [-0.25, -0.2) is 9.18 Å². The molecule has 0 saturated heterocycles. The summed E-state index contributed by atoms with van der Waals surface area (Å²) < 4.78 is 18.8. The molecule has 0 aliphatic carbocycles. The number of benzene rings is 1. The molecule has 1 amide bonds. The van der Waals surface area contributed by atoms with Gasteiger partial charge in [-0.3, -0.25) is 0 Å². The lowest BCUT2D eigenvalue weighted by Gasteiger charge is -2.22. The molecule has 0 heterocycles. The number of nitrogens with one attached hydrogen (secondary N) is 2. The molecular weight excluding hydrogens is 351 g/mol. The molecule has 0 aromatic heterocycles. The van der Waals surface area contributed by atoms with Crippen LogP contribution in [-0.4, -0.2) is 24.3 Å². The van der Waals surface area contributed by atoms with Crippen LogP contribution in [0, 0.1) is 5.82 Å². The van der Waals surface area contributed by atoms with Gasteiger partial charge in [-0.1, -0.05) is 13.0 Å². The van der Waals surface area contributed by atoms with Crippen molar-refractivity contribution in [1.82, 2.24) is 10.6 Å². The van der Waals surface area contributed by atoms with E-state index in [1.54, 1.807) is 12.1 Å². The van der Waals surface area contributed by atoms with E-state index in [1.165, 1.54) is 6.07 Å². The number of hydrogen-bond acceptors (Lipinski definition) is 3. The Labute approximate surface area is 139 Å². The van der Waals surface area contributed by atoms with Gasteiger partial charge in [0.25, 0.3) is 0 Å². The maximum absolute atomic E-state index is 13.2. The second kappa shape index (κ2) is 8.48. The van der Waals surface area contributed by atoms with E-state index in [1.807, 2.05) is 27.7 Å². The van der Waals surface area contributed by atoms with Gasteiger partial charge in [-0.2, -0.15) is 0 Å². The van der Waals surface area contributed by atoms with Crippen molar-refractivity contribution in [3.05, 3.63) is 34.1 Å². The Bertz CT molecular complexity index is 503. The van der Waals surface area contributed by atoms with Gasteiger partial charge in [0.2, 0.25) is 0 Å². The average molecular weight is 375 g/mol. The van der Waals surface area contributed by atoms with Crippen LogP contribution in [0.15, 0.2) is 22.7 Å². The van der Waals surface area contributed by atoms with Gasteiger partial charge in [0.15, 0.2) is 0 Å². The molecule has 0 aliphatic heterocycles. The van der Waals surface area contributed by atoms with Crippen molar-refractivity contribution >= 4 is 22.0 Å². The van der Waals surface area contributed by atoms with Crippen LogP contribution in [0.3, 0.4) is 0 Å². The first-order valence-corrected chi connectivity index (χ1v) is 8.14.